The van der Waals surface area contributed by atoms with E-state index in [1.165, 1.54) is 13.2 Å². The fraction of sp³-hybridized carbons (Fsp3) is 0.278. The van der Waals surface area contributed by atoms with Gasteiger partial charge in [0.05, 0.1) is 19.4 Å². The molecule has 1 aromatic heterocycles. The van der Waals surface area contributed by atoms with E-state index >= 15 is 0 Å². The molecule has 138 valence electrons. The Balaban J connectivity index is 1.63. The molecule has 0 aliphatic rings. The summed E-state index contributed by atoms with van der Waals surface area (Å²) >= 11 is 0. The molecular formula is C18H21N3O5. The van der Waals surface area contributed by atoms with Gasteiger partial charge in [-0.3, -0.25) is 9.59 Å². The summed E-state index contributed by atoms with van der Waals surface area (Å²) in [6.45, 7) is 1.64. The van der Waals surface area contributed by atoms with Crippen LogP contribution in [0.4, 0.5) is 4.79 Å². The van der Waals surface area contributed by atoms with Gasteiger partial charge in [0, 0.05) is 0 Å². The molecule has 2 aromatic rings. The fourth-order valence-corrected chi connectivity index (χ4v) is 1.99. The summed E-state index contributed by atoms with van der Waals surface area (Å²) in [5, 5.41) is 7.45. The standard InChI is InChI=1S/C18H21N3O5/c1-13(21-18(24)26-12-14-6-3-2-4-7-14)17(23)20-11-16(22)19-10-15-8-5-9-25-15/h2-9,13H,10-12H2,1H3,(H,19,22)(H,20,23)(H,21,24)/t13-/m0/s1. The predicted octanol–water partition coefficient (Wildman–Crippen LogP) is 1.33. The molecule has 1 atom stereocenters. The lowest BCUT2D eigenvalue weighted by molar-refractivity contribution is -0.127. The minimum atomic E-state index is -0.837. The Hall–Kier alpha value is -3.29. The monoisotopic (exact) mass is 359 g/mol. The normalized spacial score (nSPS) is 11.3. The van der Waals surface area contributed by atoms with E-state index in [1.807, 2.05) is 30.3 Å². The molecule has 0 fully saturated rings. The molecule has 0 saturated heterocycles. The van der Waals surface area contributed by atoms with Gasteiger partial charge in [-0.15, -0.1) is 0 Å². The maximum atomic E-state index is 11.9. The van der Waals surface area contributed by atoms with Crippen molar-refractivity contribution in [2.45, 2.75) is 26.1 Å². The van der Waals surface area contributed by atoms with E-state index in [1.54, 1.807) is 12.1 Å². The van der Waals surface area contributed by atoms with Crippen molar-refractivity contribution in [2.24, 2.45) is 0 Å². The van der Waals surface area contributed by atoms with Crippen molar-refractivity contribution >= 4 is 17.9 Å². The van der Waals surface area contributed by atoms with Gasteiger partial charge in [0.1, 0.15) is 18.4 Å². The number of benzene rings is 1. The van der Waals surface area contributed by atoms with Gasteiger partial charge in [0.15, 0.2) is 0 Å². The number of carbonyl (C=O) groups excluding carboxylic acids is 3. The highest BCUT2D eigenvalue weighted by atomic mass is 16.5. The van der Waals surface area contributed by atoms with Crippen molar-refractivity contribution in [3.05, 3.63) is 60.1 Å². The largest absolute Gasteiger partial charge is 0.467 e. The Bertz CT molecular complexity index is 716. The molecule has 0 saturated carbocycles. The zero-order valence-corrected chi connectivity index (χ0v) is 14.4. The van der Waals surface area contributed by atoms with Crippen LogP contribution in [0.5, 0.6) is 0 Å². The van der Waals surface area contributed by atoms with Crippen molar-refractivity contribution in [1.82, 2.24) is 16.0 Å². The van der Waals surface area contributed by atoms with Gasteiger partial charge in [-0.25, -0.2) is 4.79 Å². The Labute approximate surface area is 150 Å². The highest BCUT2D eigenvalue weighted by Gasteiger charge is 2.17. The van der Waals surface area contributed by atoms with E-state index < -0.39 is 18.0 Å². The third-order valence-corrected chi connectivity index (χ3v) is 3.40. The van der Waals surface area contributed by atoms with E-state index in [4.69, 9.17) is 9.15 Å². The predicted molar refractivity (Wildman–Crippen MR) is 92.8 cm³/mol. The van der Waals surface area contributed by atoms with Crippen LogP contribution in [0, 0.1) is 0 Å². The van der Waals surface area contributed by atoms with E-state index in [0.717, 1.165) is 5.56 Å². The summed E-state index contributed by atoms with van der Waals surface area (Å²) in [6, 6.07) is 11.8. The topological polar surface area (TPSA) is 110 Å². The first-order valence-electron chi connectivity index (χ1n) is 8.08. The van der Waals surface area contributed by atoms with Gasteiger partial charge in [0.25, 0.3) is 0 Å². The summed E-state index contributed by atoms with van der Waals surface area (Å²) in [5.74, 6) is -0.246. The molecule has 3 amide bonds. The van der Waals surface area contributed by atoms with Crippen LogP contribution in [-0.2, 0) is 27.5 Å². The lowest BCUT2D eigenvalue weighted by Crippen LogP contribution is -2.47. The number of carbonyl (C=O) groups is 3. The molecule has 26 heavy (non-hydrogen) atoms. The first kappa shape index (κ1) is 19.0. The molecule has 0 aliphatic carbocycles. The van der Waals surface area contributed by atoms with Crippen LogP contribution in [-0.4, -0.2) is 30.5 Å². The maximum absolute atomic E-state index is 11.9. The van der Waals surface area contributed by atoms with Crippen LogP contribution in [0.15, 0.2) is 53.1 Å². The number of hydrogen-bond donors (Lipinski definition) is 3. The number of hydrogen-bond acceptors (Lipinski definition) is 5. The molecule has 0 bridgehead atoms. The van der Waals surface area contributed by atoms with Crippen molar-refractivity contribution in [1.29, 1.82) is 0 Å². The summed E-state index contributed by atoms with van der Waals surface area (Å²) in [7, 11) is 0. The zero-order chi connectivity index (χ0) is 18.8. The first-order valence-corrected chi connectivity index (χ1v) is 8.08. The summed E-state index contributed by atoms with van der Waals surface area (Å²) in [4.78, 5) is 35.3. The number of alkyl carbamates (subject to hydrolysis) is 1. The Morgan fingerprint density at radius 2 is 1.85 bits per heavy atom. The van der Waals surface area contributed by atoms with Crippen molar-refractivity contribution < 1.29 is 23.5 Å². The lowest BCUT2D eigenvalue weighted by Gasteiger charge is -2.14. The molecule has 0 unspecified atom stereocenters. The zero-order valence-electron chi connectivity index (χ0n) is 14.4. The number of amides is 3. The molecule has 8 nitrogen and oxygen atoms in total. The third-order valence-electron chi connectivity index (χ3n) is 3.40. The Morgan fingerprint density at radius 1 is 1.08 bits per heavy atom. The Kier molecular flexibility index (Phi) is 7.23. The van der Waals surface area contributed by atoms with E-state index in [2.05, 4.69) is 16.0 Å². The molecule has 1 aromatic carbocycles. The second-order valence-corrected chi connectivity index (χ2v) is 5.50. The van der Waals surface area contributed by atoms with Gasteiger partial charge in [-0.1, -0.05) is 30.3 Å². The van der Waals surface area contributed by atoms with Crippen LogP contribution >= 0.6 is 0 Å². The number of rotatable bonds is 8. The quantitative estimate of drug-likeness (QED) is 0.659. The van der Waals surface area contributed by atoms with Crippen LogP contribution in [0.1, 0.15) is 18.2 Å². The van der Waals surface area contributed by atoms with Crippen LogP contribution in [0.3, 0.4) is 0 Å². The molecule has 0 radical (unpaired) electrons. The summed E-state index contributed by atoms with van der Waals surface area (Å²) in [5.41, 5.74) is 0.841. The summed E-state index contributed by atoms with van der Waals surface area (Å²) < 4.78 is 10.1. The highest BCUT2D eigenvalue weighted by molar-refractivity contribution is 5.89. The molecule has 0 aliphatic heterocycles. The van der Waals surface area contributed by atoms with Gasteiger partial charge in [0.2, 0.25) is 11.8 Å². The molecule has 8 heteroatoms. The van der Waals surface area contributed by atoms with Crippen molar-refractivity contribution in [2.75, 3.05) is 6.54 Å². The minimum absolute atomic E-state index is 0.107. The molecule has 2 rings (SSSR count). The van der Waals surface area contributed by atoms with Crippen LogP contribution in [0.25, 0.3) is 0 Å². The number of furan rings is 1. The second-order valence-electron chi connectivity index (χ2n) is 5.50. The first-order chi connectivity index (χ1) is 12.5. The van der Waals surface area contributed by atoms with E-state index in [0.29, 0.717) is 5.76 Å². The summed E-state index contributed by atoms with van der Waals surface area (Å²) in [6.07, 6.45) is 0.798. The third kappa shape index (κ3) is 6.68. The van der Waals surface area contributed by atoms with E-state index in [9.17, 15) is 14.4 Å². The Morgan fingerprint density at radius 3 is 2.54 bits per heavy atom. The SMILES string of the molecule is C[C@H](NC(=O)OCc1ccccc1)C(=O)NCC(=O)NCc1ccco1. The van der Waals surface area contributed by atoms with Gasteiger partial charge < -0.3 is 25.1 Å². The molecule has 1 heterocycles. The van der Waals surface area contributed by atoms with E-state index in [-0.39, 0.29) is 25.6 Å². The molecule has 3 N–H and O–H groups in total. The number of ether oxygens (including phenoxy) is 1. The average Bonchev–Trinajstić information content (AvgIpc) is 3.17. The maximum Gasteiger partial charge on any atom is 0.408 e. The van der Waals surface area contributed by atoms with Crippen molar-refractivity contribution in [3.8, 4) is 0 Å². The van der Waals surface area contributed by atoms with Crippen LogP contribution in [0.2, 0.25) is 0 Å². The average molecular weight is 359 g/mol. The smallest absolute Gasteiger partial charge is 0.408 e. The lowest BCUT2D eigenvalue weighted by atomic mass is 10.2. The van der Waals surface area contributed by atoms with Crippen molar-refractivity contribution in [3.63, 3.8) is 0 Å². The van der Waals surface area contributed by atoms with Crippen LogP contribution < -0.4 is 16.0 Å². The second kappa shape index (κ2) is 9.87. The molecular weight excluding hydrogens is 338 g/mol. The number of nitrogens with one attached hydrogen (secondary N) is 3. The van der Waals surface area contributed by atoms with Gasteiger partial charge in [-0.2, -0.15) is 0 Å². The fourth-order valence-electron chi connectivity index (χ4n) is 1.99. The van der Waals surface area contributed by atoms with Gasteiger partial charge >= 0.3 is 6.09 Å². The minimum Gasteiger partial charge on any atom is -0.467 e. The van der Waals surface area contributed by atoms with Gasteiger partial charge in [-0.05, 0) is 24.6 Å². The molecule has 0 spiro atoms. The highest BCUT2D eigenvalue weighted by Crippen LogP contribution is 2.01.